The molecule has 1 aromatic rings. The van der Waals surface area contributed by atoms with Crippen molar-refractivity contribution in [3.63, 3.8) is 0 Å². The van der Waals surface area contributed by atoms with E-state index < -0.39 is 16.1 Å². The summed E-state index contributed by atoms with van der Waals surface area (Å²) in [7, 11) is -2.07. The Kier molecular flexibility index (Phi) is 4.91. The number of nitrogens with zero attached hydrogens (tertiary/aromatic N) is 2. The number of aliphatic hydroxyl groups excluding tert-OH is 1. The quantitative estimate of drug-likeness (QED) is 0.894. The average Bonchev–Trinajstić information content (AvgIpc) is 2.54. The molecular formula is C9H15ClN2O3S2. The van der Waals surface area contributed by atoms with E-state index in [1.54, 1.807) is 13.8 Å². The molecule has 0 saturated carbocycles. The zero-order valence-corrected chi connectivity index (χ0v) is 12.2. The summed E-state index contributed by atoms with van der Waals surface area (Å²) in [6, 6.07) is 0. The molecule has 0 saturated heterocycles. The molecule has 1 aromatic heterocycles. The summed E-state index contributed by atoms with van der Waals surface area (Å²) >= 11 is 6.63. The highest BCUT2D eigenvalue weighted by Crippen LogP contribution is 2.28. The van der Waals surface area contributed by atoms with E-state index in [1.807, 2.05) is 0 Å². The van der Waals surface area contributed by atoms with Crippen molar-refractivity contribution in [2.24, 2.45) is 0 Å². The molecule has 98 valence electrons. The molecule has 0 aliphatic rings. The summed E-state index contributed by atoms with van der Waals surface area (Å²) in [6.45, 7) is 3.49. The summed E-state index contributed by atoms with van der Waals surface area (Å²) in [5.74, 6) is 0. The molecule has 0 aliphatic heterocycles. The van der Waals surface area contributed by atoms with Crippen molar-refractivity contribution < 1.29 is 13.5 Å². The molecule has 0 amide bonds. The second-order valence-electron chi connectivity index (χ2n) is 3.80. The molecule has 0 fully saturated rings. The number of aromatic nitrogens is 1. The molecule has 5 nitrogen and oxygen atoms in total. The molecule has 1 rings (SSSR count). The van der Waals surface area contributed by atoms with Gasteiger partial charge in [-0.25, -0.2) is 17.7 Å². The molecule has 1 atom stereocenters. The van der Waals surface area contributed by atoms with Gasteiger partial charge >= 0.3 is 0 Å². The van der Waals surface area contributed by atoms with Crippen LogP contribution in [0.1, 0.15) is 19.0 Å². The number of hydrogen-bond donors (Lipinski definition) is 1. The molecule has 0 aliphatic carbocycles. The third kappa shape index (κ3) is 3.62. The Morgan fingerprint density at radius 1 is 1.59 bits per heavy atom. The van der Waals surface area contributed by atoms with Crippen LogP contribution < -0.4 is 0 Å². The maximum atomic E-state index is 12.1. The van der Waals surface area contributed by atoms with Crippen LogP contribution in [-0.2, 0) is 10.0 Å². The van der Waals surface area contributed by atoms with Crippen LogP contribution in [0.15, 0.2) is 4.21 Å². The first-order chi connectivity index (χ1) is 7.75. The van der Waals surface area contributed by atoms with Gasteiger partial charge in [0.2, 0.25) is 0 Å². The molecule has 0 radical (unpaired) electrons. The number of aryl methyl sites for hydroxylation is 1. The molecule has 1 N–H and O–H groups in total. The highest BCUT2D eigenvalue weighted by Gasteiger charge is 2.26. The first-order valence-corrected chi connectivity index (χ1v) is 7.66. The van der Waals surface area contributed by atoms with E-state index in [0.717, 1.165) is 11.3 Å². The molecule has 8 heteroatoms. The molecule has 1 heterocycles. The Bertz CT molecular complexity index is 484. The second kappa shape index (κ2) is 5.62. The lowest BCUT2D eigenvalue weighted by atomic mass is 10.3. The Morgan fingerprint density at radius 2 is 2.18 bits per heavy atom. The zero-order chi connectivity index (χ0) is 13.2. The van der Waals surface area contributed by atoms with Crippen molar-refractivity contribution in [3.8, 4) is 0 Å². The lowest BCUT2D eigenvalue weighted by molar-refractivity contribution is 0.177. The van der Waals surface area contributed by atoms with E-state index in [1.165, 1.54) is 11.4 Å². The molecule has 0 aromatic carbocycles. The monoisotopic (exact) mass is 298 g/mol. The molecule has 0 bridgehead atoms. The van der Waals surface area contributed by atoms with Crippen LogP contribution in [0.2, 0.25) is 4.47 Å². The van der Waals surface area contributed by atoms with Gasteiger partial charge in [0.1, 0.15) is 0 Å². The van der Waals surface area contributed by atoms with Gasteiger partial charge in [-0.05, 0) is 20.3 Å². The smallest absolute Gasteiger partial charge is 0.254 e. The first kappa shape index (κ1) is 14.8. The lowest BCUT2D eigenvalue weighted by Gasteiger charge is -2.16. The Balaban J connectivity index is 2.91. The molecular weight excluding hydrogens is 284 g/mol. The Morgan fingerprint density at radius 3 is 2.59 bits per heavy atom. The minimum Gasteiger partial charge on any atom is -0.393 e. The predicted molar refractivity (Wildman–Crippen MR) is 68.0 cm³/mol. The number of sulfonamides is 1. The van der Waals surface area contributed by atoms with E-state index in [2.05, 4.69) is 4.98 Å². The van der Waals surface area contributed by atoms with E-state index in [9.17, 15) is 8.42 Å². The third-order valence-electron chi connectivity index (χ3n) is 2.23. The van der Waals surface area contributed by atoms with Gasteiger partial charge in [-0.3, -0.25) is 0 Å². The van der Waals surface area contributed by atoms with Crippen LogP contribution in [0.4, 0.5) is 0 Å². The van der Waals surface area contributed by atoms with Gasteiger partial charge < -0.3 is 5.11 Å². The highest BCUT2D eigenvalue weighted by atomic mass is 35.5. The number of halogens is 1. The van der Waals surface area contributed by atoms with Crippen molar-refractivity contribution in [2.45, 2.75) is 30.6 Å². The summed E-state index contributed by atoms with van der Waals surface area (Å²) in [6.07, 6.45) is -0.139. The van der Waals surface area contributed by atoms with Gasteiger partial charge in [0.25, 0.3) is 10.0 Å². The van der Waals surface area contributed by atoms with Crippen LogP contribution in [0, 0.1) is 6.92 Å². The van der Waals surface area contributed by atoms with Crippen molar-refractivity contribution in [3.05, 3.63) is 10.2 Å². The van der Waals surface area contributed by atoms with Crippen molar-refractivity contribution in [1.82, 2.24) is 9.29 Å². The van der Waals surface area contributed by atoms with Crippen LogP contribution in [0.5, 0.6) is 0 Å². The van der Waals surface area contributed by atoms with Crippen LogP contribution in [-0.4, -0.2) is 42.5 Å². The standard InChI is InChI=1S/C9H15ClN2O3S2/c1-6(13)4-5-12(3)17(14,15)8-7(2)11-9(10)16-8/h6,13H,4-5H2,1-3H3. The maximum absolute atomic E-state index is 12.1. The average molecular weight is 299 g/mol. The van der Waals surface area contributed by atoms with E-state index in [0.29, 0.717) is 12.1 Å². The summed E-state index contributed by atoms with van der Waals surface area (Å²) in [5.41, 5.74) is 0.406. The molecule has 17 heavy (non-hydrogen) atoms. The fourth-order valence-corrected chi connectivity index (χ4v) is 4.33. The number of thiazole rings is 1. The van der Waals surface area contributed by atoms with Gasteiger partial charge in [0.15, 0.2) is 8.68 Å². The van der Waals surface area contributed by atoms with E-state index in [-0.39, 0.29) is 15.2 Å². The van der Waals surface area contributed by atoms with Crippen molar-refractivity contribution in [2.75, 3.05) is 13.6 Å². The van der Waals surface area contributed by atoms with E-state index >= 15 is 0 Å². The fraction of sp³-hybridized carbons (Fsp3) is 0.667. The van der Waals surface area contributed by atoms with Crippen LogP contribution in [0.3, 0.4) is 0 Å². The van der Waals surface area contributed by atoms with E-state index in [4.69, 9.17) is 16.7 Å². The largest absolute Gasteiger partial charge is 0.393 e. The normalized spacial score (nSPS) is 14.2. The highest BCUT2D eigenvalue weighted by molar-refractivity contribution is 7.91. The fourth-order valence-electron chi connectivity index (χ4n) is 1.22. The van der Waals surface area contributed by atoms with Crippen molar-refractivity contribution >= 4 is 33.0 Å². The number of hydrogen-bond acceptors (Lipinski definition) is 5. The predicted octanol–water partition coefficient (Wildman–Crippen LogP) is 1.50. The van der Waals surface area contributed by atoms with Crippen LogP contribution >= 0.6 is 22.9 Å². The maximum Gasteiger partial charge on any atom is 0.254 e. The SMILES string of the molecule is Cc1nc(Cl)sc1S(=O)(=O)N(C)CCC(C)O. The first-order valence-electron chi connectivity index (χ1n) is 5.02. The second-order valence-corrected chi connectivity index (χ2v) is 7.63. The molecule has 0 spiro atoms. The van der Waals surface area contributed by atoms with Gasteiger partial charge in [-0.15, -0.1) is 0 Å². The third-order valence-corrected chi connectivity index (χ3v) is 5.94. The minimum absolute atomic E-state index is 0.163. The Labute approximate surface area is 110 Å². The number of aliphatic hydroxyl groups is 1. The number of rotatable bonds is 5. The summed E-state index contributed by atoms with van der Waals surface area (Å²) in [5, 5.41) is 9.14. The zero-order valence-electron chi connectivity index (χ0n) is 9.84. The lowest BCUT2D eigenvalue weighted by Crippen LogP contribution is -2.29. The topological polar surface area (TPSA) is 70.5 Å². The van der Waals surface area contributed by atoms with Gasteiger partial charge in [0.05, 0.1) is 11.8 Å². The summed E-state index contributed by atoms with van der Waals surface area (Å²) < 4.78 is 25.9. The van der Waals surface area contributed by atoms with Gasteiger partial charge in [0, 0.05) is 13.6 Å². The van der Waals surface area contributed by atoms with Gasteiger partial charge in [-0.2, -0.15) is 0 Å². The Hall–Kier alpha value is -0.210. The molecule has 1 unspecified atom stereocenters. The minimum atomic E-state index is -3.55. The van der Waals surface area contributed by atoms with Gasteiger partial charge in [-0.1, -0.05) is 22.9 Å². The van der Waals surface area contributed by atoms with Crippen molar-refractivity contribution in [1.29, 1.82) is 0 Å². The van der Waals surface area contributed by atoms with Crippen LogP contribution in [0.25, 0.3) is 0 Å². The summed E-state index contributed by atoms with van der Waals surface area (Å²) in [4.78, 5) is 3.88.